The Balaban J connectivity index is 4.05. The molecular formula is C70H125NO8P+. The number of nitrogens with zero attached hydrogens (tertiary/aromatic N) is 1. The van der Waals surface area contributed by atoms with Gasteiger partial charge in [-0.05, 0) is 89.9 Å². The standard InChI is InChI=1S/C70H124NO8P/c1-6-8-10-12-14-16-18-20-22-24-26-28-30-31-32-33-34-35-36-37-38-39-41-43-45-47-49-51-53-55-57-59-61-63-70(73)79-68(67-78-80(74,75)77-65-64-71(3,4)5)66-76-69(72)62-60-58-56-54-52-50-48-46-44-42-40-29-27-25-23-21-19-17-15-13-11-9-7-2/h8-11,14-17,20-23,26-29,68H,6-7,12-13,18-19,24-25,30-67H2,1-5H3/p+1/b10-8-,11-9-,16-14-,17-15-,22-20-,23-21-,28-26-,29-27-. The number of hydrogen-bond donors (Lipinski definition) is 1. The normalized spacial score (nSPS) is 13.8. The molecule has 0 radical (unpaired) electrons. The number of likely N-dealkylation sites (N-methyl/N-ethyl adjacent to an activating group) is 1. The van der Waals surface area contributed by atoms with E-state index in [1.165, 1.54) is 161 Å². The van der Waals surface area contributed by atoms with Gasteiger partial charge in [-0.2, -0.15) is 0 Å². The highest BCUT2D eigenvalue weighted by Crippen LogP contribution is 2.43. The molecule has 0 aliphatic rings. The largest absolute Gasteiger partial charge is 0.472 e. The van der Waals surface area contributed by atoms with Crippen LogP contribution in [0.15, 0.2) is 97.2 Å². The average molecular weight is 1140 g/mol. The molecule has 0 fully saturated rings. The van der Waals surface area contributed by atoms with Crippen molar-refractivity contribution in [3.05, 3.63) is 97.2 Å². The molecule has 9 nitrogen and oxygen atoms in total. The summed E-state index contributed by atoms with van der Waals surface area (Å²) in [6, 6.07) is 0. The van der Waals surface area contributed by atoms with Gasteiger partial charge in [-0.15, -0.1) is 0 Å². The van der Waals surface area contributed by atoms with Gasteiger partial charge in [-0.25, -0.2) is 4.57 Å². The van der Waals surface area contributed by atoms with Crippen LogP contribution in [0.3, 0.4) is 0 Å². The third kappa shape index (κ3) is 64.1. The van der Waals surface area contributed by atoms with Crippen LogP contribution in [0, 0.1) is 0 Å². The van der Waals surface area contributed by atoms with E-state index in [2.05, 4.69) is 111 Å². The Kier molecular flexibility index (Phi) is 58.2. The second-order valence-electron chi connectivity index (χ2n) is 23.1. The number of hydrogen-bond acceptors (Lipinski definition) is 7. The molecule has 0 saturated heterocycles. The highest BCUT2D eigenvalue weighted by atomic mass is 31.2. The van der Waals surface area contributed by atoms with Gasteiger partial charge in [-0.3, -0.25) is 18.6 Å². The molecule has 10 heteroatoms. The van der Waals surface area contributed by atoms with E-state index in [0.29, 0.717) is 17.4 Å². The first-order valence-corrected chi connectivity index (χ1v) is 34.5. The van der Waals surface area contributed by atoms with Crippen LogP contribution < -0.4 is 0 Å². The van der Waals surface area contributed by atoms with Crippen LogP contribution in [0.5, 0.6) is 0 Å². The van der Waals surface area contributed by atoms with Gasteiger partial charge in [0.25, 0.3) is 0 Å². The van der Waals surface area contributed by atoms with Crippen molar-refractivity contribution in [1.82, 2.24) is 0 Å². The van der Waals surface area contributed by atoms with Crippen LogP contribution >= 0.6 is 7.82 Å². The molecule has 0 heterocycles. The highest BCUT2D eigenvalue weighted by molar-refractivity contribution is 7.47. The fraction of sp³-hybridized carbons (Fsp3) is 0.743. The molecular weight excluding hydrogens is 1010 g/mol. The van der Waals surface area contributed by atoms with E-state index in [1.54, 1.807) is 0 Å². The first-order valence-electron chi connectivity index (χ1n) is 33.0. The summed E-state index contributed by atoms with van der Waals surface area (Å²) in [5.41, 5.74) is 0. The summed E-state index contributed by atoms with van der Waals surface area (Å²) in [5.74, 6) is -0.795. The van der Waals surface area contributed by atoms with Crippen molar-refractivity contribution in [1.29, 1.82) is 0 Å². The molecule has 0 aromatic heterocycles. The minimum atomic E-state index is -4.39. The maximum atomic E-state index is 12.9. The van der Waals surface area contributed by atoms with Gasteiger partial charge >= 0.3 is 19.8 Å². The number of phosphoric acid groups is 1. The molecule has 2 unspecified atom stereocenters. The fourth-order valence-electron chi connectivity index (χ4n) is 9.12. The second-order valence-corrected chi connectivity index (χ2v) is 24.5. The van der Waals surface area contributed by atoms with Gasteiger partial charge < -0.3 is 18.9 Å². The number of unbranched alkanes of at least 4 members (excludes halogenated alkanes) is 30. The van der Waals surface area contributed by atoms with Crippen LogP contribution in [0.25, 0.3) is 0 Å². The summed E-state index contributed by atoms with van der Waals surface area (Å²) in [6.07, 6.45) is 83.6. The van der Waals surface area contributed by atoms with Crippen molar-refractivity contribution in [2.24, 2.45) is 0 Å². The van der Waals surface area contributed by atoms with Gasteiger partial charge in [0, 0.05) is 12.8 Å². The zero-order chi connectivity index (χ0) is 58.4. The summed E-state index contributed by atoms with van der Waals surface area (Å²) in [5, 5.41) is 0. The van der Waals surface area contributed by atoms with Crippen molar-refractivity contribution < 1.29 is 42.1 Å². The third-order valence-corrected chi connectivity index (χ3v) is 15.1. The minimum Gasteiger partial charge on any atom is -0.462 e. The number of esters is 2. The molecule has 0 aromatic carbocycles. The maximum Gasteiger partial charge on any atom is 0.472 e. The first kappa shape index (κ1) is 76.9. The summed E-state index contributed by atoms with van der Waals surface area (Å²) < 4.78 is 34.7. The van der Waals surface area contributed by atoms with Crippen molar-refractivity contribution in [2.75, 3.05) is 47.5 Å². The first-order chi connectivity index (χ1) is 39.0. The monoisotopic (exact) mass is 1140 g/mol. The van der Waals surface area contributed by atoms with Crippen molar-refractivity contribution in [2.45, 2.75) is 290 Å². The molecule has 80 heavy (non-hydrogen) atoms. The Bertz CT molecular complexity index is 1670. The van der Waals surface area contributed by atoms with E-state index >= 15 is 0 Å². The Morgan fingerprint density at radius 1 is 0.388 bits per heavy atom. The number of quaternary nitrogens is 1. The molecule has 0 amide bonds. The quantitative estimate of drug-likeness (QED) is 0.0211. The smallest absolute Gasteiger partial charge is 0.462 e. The Hall–Kier alpha value is -3.07. The number of carbonyl (C=O) groups excluding carboxylic acids is 2. The molecule has 0 aliphatic carbocycles. The molecule has 0 rings (SSSR count). The highest BCUT2D eigenvalue weighted by Gasteiger charge is 2.27. The summed E-state index contributed by atoms with van der Waals surface area (Å²) in [7, 11) is 1.48. The summed E-state index contributed by atoms with van der Waals surface area (Å²) >= 11 is 0. The van der Waals surface area contributed by atoms with Gasteiger partial charge in [0.15, 0.2) is 6.10 Å². The zero-order valence-corrected chi connectivity index (χ0v) is 53.4. The SMILES string of the molecule is CC/C=C\C/C=C\C/C=C\C/C=C\CCCCCCCCCCCCCCCCCCCCCCC(=O)OC(COC(=O)CCCCCCCCCCCC/C=C\C/C=C\C/C=C\C/C=C\CC)COP(=O)(O)OCC[N+](C)(C)C. The summed E-state index contributed by atoms with van der Waals surface area (Å²) in [4.78, 5) is 35.8. The molecule has 0 bridgehead atoms. The van der Waals surface area contributed by atoms with Crippen LogP contribution in [-0.4, -0.2) is 74.9 Å². The number of carbonyl (C=O) groups is 2. The number of rotatable bonds is 60. The fourth-order valence-corrected chi connectivity index (χ4v) is 9.86. The average Bonchev–Trinajstić information content (AvgIpc) is 3.42. The van der Waals surface area contributed by atoms with Crippen LogP contribution in [0.2, 0.25) is 0 Å². The number of phosphoric ester groups is 1. The molecule has 0 spiro atoms. The van der Waals surface area contributed by atoms with Gasteiger partial charge in [0.05, 0.1) is 27.7 Å². The lowest BCUT2D eigenvalue weighted by atomic mass is 10.0. The summed E-state index contributed by atoms with van der Waals surface area (Å²) in [6.45, 7) is 4.23. The van der Waals surface area contributed by atoms with E-state index in [0.717, 1.165) is 89.9 Å². The number of allylic oxidation sites excluding steroid dienone is 16. The molecule has 2 atom stereocenters. The topological polar surface area (TPSA) is 108 Å². The van der Waals surface area contributed by atoms with Gasteiger partial charge in [0.2, 0.25) is 0 Å². The Morgan fingerprint density at radius 3 is 1.00 bits per heavy atom. The van der Waals surface area contributed by atoms with E-state index < -0.39 is 26.5 Å². The van der Waals surface area contributed by atoms with Crippen molar-refractivity contribution >= 4 is 19.8 Å². The lowest BCUT2D eigenvalue weighted by molar-refractivity contribution is -0.870. The number of ether oxygens (including phenoxy) is 2. The van der Waals surface area contributed by atoms with E-state index in [9.17, 15) is 19.0 Å². The molecule has 0 aromatic rings. The Morgan fingerprint density at radius 2 is 0.675 bits per heavy atom. The third-order valence-electron chi connectivity index (χ3n) is 14.1. The maximum absolute atomic E-state index is 12.9. The van der Waals surface area contributed by atoms with Crippen molar-refractivity contribution in [3.63, 3.8) is 0 Å². The van der Waals surface area contributed by atoms with Crippen molar-refractivity contribution in [3.8, 4) is 0 Å². The lowest BCUT2D eigenvalue weighted by Gasteiger charge is -2.24. The predicted octanol–water partition coefficient (Wildman–Crippen LogP) is 21.2. The van der Waals surface area contributed by atoms with Crippen LogP contribution in [0.1, 0.15) is 284 Å². The van der Waals surface area contributed by atoms with E-state index in [1.807, 2.05) is 21.1 Å². The minimum absolute atomic E-state index is 0.0288. The molecule has 462 valence electrons. The van der Waals surface area contributed by atoms with Crippen LogP contribution in [-0.2, 0) is 32.7 Å². The van der Waals surface area contributed by atoms with Gasteiger partial charge in [-0.1, -0.05) is 278 Å². The second kappa shape index (κ2) is 60.5. The molecule has 1 N–H and O–H groups in total. The Labute approximate surface area is 493 Å². The van der Waals surface area contributed by atoms with Crippen LogP contribution in [0.4, 0.5) is 0 Å². The molecule has 0 saturated carbocycles. The predicted molar refractivity (Wildman–Crippen MR) is 344 cm³/mol. The van der Waals surface area contributed by atoms with E-state index in [-0.39, 0.29) is 32.0 Å². The lowest BCUT2D eigenvalue weighted by Crippen LogP contribution is -2.37. The molecule has 0 aliphatic heterocycles. The van der Waals surface area contributed by atoms with E-state index in [4.69, 9.17) is 18.5 Å². The van der Waals surface area contributed by atoms with Gasteiger partial charge in [0.1, 0.15) is 19.8 Å². The zero-order valence-electron chi connectivity index (χ0n) is 52.5.